The third-order valence-corrected chi connectivity index (χ3v) is 6.56. The Kier molecular flexibility index (Phi) is 4.96. The van der Waals surface area contributed by atoms with Crippen molar-refractivity contribution in [2.75, 3.05) is 13.1 Å². The first-order valence-corrected chi connectivity index (χ1v) is 9.10. The Balaban J connectivity index is 2.39. The average molecular weight is 334 g/mol. The zero-order valence-corrected chi connectivity index (χ0v) is 14.1. The summed E-state index contributed by atoms with van der Waals surface area (Å²) in [7, 11) is -3.66. The van der Waals surface area contributed by atoms with E-state index in [1.807, 2.05) is 0 Å². The van der Waals surface area contributed by atoms with E-state index in [1.54, 1.807) is 0 Å². The molecule has 0 amide bonds. The average Bonchev–Trinajstić information content (AvgIpc) is 2.92. The van der Waals surface area contributed by atoms with Gasteiger partial charge in [-0.3, -0.25) is 0 Å². The molecule has 1 aromatic carbocycles. The Bertz CT molecular complexity index is 631. The van der Waals surface area contributed by atoms with Crippen molar-refractivity contribution in [3.63, 3.8) is 0 Å². The highest BCUT2D eigenvalue weighted by atomic mass is 35.5. The van der Waals surface area contributed by atoms with E-state index in [-0.39, 0.29) is 16.3 Å². The standard InChI is InChI=1S/C15H21ClFNO2S/c1-10(2)13-4-5-18(9-13)21(19,20)15-7-12(8-16)6-14(17)11(15)3/h6-7,10,13H,4-5,8-9H2,1-3H3. The van der Waals surface area contributed by atoms with E-state index in [0.29, 0.717) is 30.5 Å². The number of nitrogens with zero attached hydrogens (tertiary/aromatic N) is 1. The molecular weight excluding hydrogens is 313 g/mol. The molecule has 1 aliphatic heterocycles. The zero-order valence-electron chi connectivity index (χ0n) is 12.6. The lowest BCUT2D eigenvalue weighted by Crippen LogP contribution is -2.30. The number of sulfonamides is 1. The minimum absolute atomic E-state index is 0.0440. The summed E-state index contributed by atoms with van der Waals surface area (Å²) in [6.45, 7) is 6.69. The van der Waals surface area contributed by atoms with Gasteiger partial charge in [-0.15, -0.1) is 11.6 Å². The van der Waals surface area contributed by atoms with E-state index in [2.05, 4.69) is 13.8 Å². The van der Waals surface area contributed by atoms with Crippen LogP contribution in [0.4, 0.5) is 4.39 Å². The fraction of sp³-hybridized carbons (Fsp3) is 0.600. The molecule has 6 heteroatoms. The molecule has 118 valence electrons. The molecule has 1 fully saturated rings. The monoisotopic (exact) mass is 333 g/mol. The lowest BCUT2D eigenvalue weighted by atomic mass is 9.96. The third kappa shape index (κ3) is 3.25. The summed E-state index contributed by atoms with van der Waals surface area (Å²) >= 11 is 5.72. The first kappa shape index (κ1) is 16.7. The molecule has 1 heterocycles. The molecule has 3 nitrogen and oxygen atoms in total. The molecule has 2 rings (SSSR count). The van der Waals surface area contributed by atoms with Crippen LogP contribution in [0.3, 0.4) is 0 Å². The molecule has 0 spiro atoms. The summed E-state index contributed by atoms with van der Waals surface area (Å²) in [6.07, 6.45) is 0.855. The highest BCUT2D eigenvalue weighted by Crippen LogP contribution is 2.31. The van der Waals surface area contributed by atoms with E-state index in [9.17, 15) is 12.8 Å². The summed E-state index contributed by atoms with van der Waals surface area (Å²) in [4.78, 5) is 0.0440. The summed E-state index contributed by atoms with van der Waals surface area (Å²) in [5, 5.41) is 0. The predicted molar refractivity (Wildman–Crippen MR) is 82.4 cm³/mol. The van der Waals surface area contributed by atoms with E-state index in [0.717, 1.165) is 6.42 Å². The molecule has 1 atom stereocenters. The van der Waals surface area contributed by atoms with Crippen LogP contribution in [0.5, 0.6) is 0 Å². The smallest absolute Gasteiger partial charge is 0.207 e. The van der Waals surface area contributed by atoms with Crippen molar-refractivity contribution < 1.29 is 12.8 Å². The van der Waals surface area contributed by atoms with Crippen LogP contribution in [0.15, 0.2) is 17.0 Å². The van der Waals surface area contributed by atoms with Crippen LogP contribution < -0.4 is 0 Å². The molecule has 0 aromatic heterocycles. The van der Waals surface area contributed by atoms with Gasteiger partial charge in [-0.25, -0.2) is 12.8 Å². The van der Waals surface area contributed by atoms with Gasteiger partial charge in [0.05, 0.1) is 4.90 Å². The fourth-order valence-corrected chi connectivity index (χ4v) is 4.66. The van der Waals surface area contributed by atoms with Gasteiger partial charge in [0.25, 0.3) is 0 Å². The van der Waals surface area contributed by atoms with Crippen molar-refractivity contribution in [1.29, 1.82) is 0 Å². The molecule has 0 saturated carbocycles. The normalized spacial score (nSPS) is 20.4. The van der Waals surface area contributed by atoms with Crippen molar-refractivity contribution in [3.8, 4) is 0 Å². The topological polar surface area (TPSA) is 37.4 Å². The van der Waals surface area contributed by atoms with Crippen LogP contribution in [0.2, 0.25) is 0 Å². The Labute approximate surface area is 131 Å². The molecule has 0 radical (unpaired) electrons. The molecule has 1 unspecified atom stereocenters. The summed E-state index contributed by atoms with van der Waals surface area (Å²) < 4.78 is 40.9. The predicted octanol–water partition coefficient (Wildman–Crippen LogP) is 3.54. The van der Waals surface area contributed by atoms with Crippen molar-refractivity contribution in [3.05, 3.63) is 29.1 Å². The quantitative estimate of drug-likeness (QED) is 0.790. The minimum atomic E-state index is -3.66. The Morgan fingerprint density at radius 3 is 2.62 bits per heavy atom. The van der Waals surface area contributed by atoms with Crippen LogP contribution in [0.25, 0.3) is 0 Å². The number of rotatable bonds is 4. The lowest BCUT2D eigenvalue weighted by Gasteiger charge is -2.20. The maximum Gasteiger partial charge on any atom is 0.243 e. The van der Waals surface area contributed by atoms with Gasteiger partial charge < -0.3 is 0 Å². The van der Waals surface area contributed by atoms with E-state index >= 15 is 0 Å². The fourth-order valence-electron chi connectivity index (χ4n) is 2.71. The third-order valence-electron chi connectivity index (χ3n) is 4.26. The van der Waals surface area contributed by atoms with Crippen LogP contribution in [-0.2, 0) is 15.9 Å². The first-order valence-electron chi connectivity index (χ1n) is 7.12. The number of hydrogen-bond acceptors (Lipinski definition) is 2. The molecule has 0 aliphatic carbocycles. The first-order chi connectivity index (χ1) is 9.77. The molecule has 0 N–H and O–H groups in total. The van der Waals surface area contributed by atoms with Crippen molar-refractivity contribution in [2.24, 2.45) is 11.8 Å². The van der Waals surface area contributed by atoms with Gasteiger partial charge in [0.2, 0.25) is 10.0 Å². The second kappa shape index (κ2) is 6.23. The van der Waals surface area contributed by atoms with Gasteiger partial charge in [0, 0.05) is 24.5 Å². The van der Waals surface area contributed by atoms with E-state index in [4.69, 9.17) is 11.6 Å². The summed E-state index contributed by atoms with van der Waals surface area (Å²) in [5.74, 6) is 0.374. The Morgan fingerprint density at radius 1 is 1.43 bits per heavy atom. The largest absolute Gasteiger partial charge is 0.243 e. The Hall–Kier alpha value is -0.650. The highest BCUT2D eigenvalue weighted by Gasteiger charge is 2.35. The minimum Gasteiger partial charge on any atom is -0.207 e. The van der Waals surface area contributed by atoms with Gasteiger partial charge in [0.15, 0.2) is 0 Å². The number of benzene rings is 1. The SMILES string of the molecule is Cc1c(F)cc(CCl)cc1S(=O)(=O)N1CCC(C(C)C)C1. The van der Waals surface area contributed by atoms with Crippen molar-refractivity contribution in [1.82, 2.24) is 4.31 Å². The molecule has 1 aliphatic rings. The van der Waals surface area contributed by atoms with Crippen LogP contribution in [0, 0.1) is 24.6 Å². The van der Waals surface area contributed by atoms with E-state index in [1.165, 1.54) is 23.4 Å². The van der Waals surface area contributed by atoms with Crippen LogP contribution in [-0.4, -0.2) is 25.8 Å². The number of hydrogen-bond donors (Lipinski definition) is 0. The molecule has 1 aromatic rings. The molecule has 0 bridgehead atoms. The second-order valence-electron chi connectivity index (χ2n) is 5.99. The summed E-state index contributed by atoms with van der Waals surface area (Å²) in [5.41, 5.74) is 0.648. The van der Waals surface area contributed by atoms with E-state index < -0.39 is 15.8 Å². The number of halogens is 2. The maximum atomic E-state index is 13.9. The zero-order chi connectivity index (χ0) is 15.8. The lowest BCUT2D eigenvalue weighted by molar-refractivity contribution is 0.388. The van der Waals surface area contributed by atoms with Gasteiger partial charge in [-0.2, -0.15) is 4.31 Å². The van der Waals surface area contributed by atoms with Gasteiger partial charge >= 0.3 is 0 Å². The molecule has 1 saturated heterocycles. The van der Waals surface area contributed by atoms with Crippen LogP contribution >= 0.6 is 11.6 Å². The molecule has 21 heavy (non-hydrogen) atoms. The summed E-state index contributed by atoms with van der Waals surface area (Å²) in [6, 6.07) is 2.78. The Morgan fingerprint density at radius 2 is 2.10 bits per heavy atom. The maximum absolute atomic E-state index is 13.9. The van der Waals surface area contributed by atoms with Crippen molar-refractivity contribution >= 4 is 21.6 Å². The van der Waals surface area contributed by atoms with Crippen molar-refractivity contribution in [2.45, 2.75) is 38.0 Å². The van der Waals surface area contributed by atoms with Gasteiger partial charge in [-0.1, -0.05) is 13.8 Å². The second-order valence-corrected chi connectivity index (χ2v) is 8.16. The van der Waals surface area contributed by atoms with Gasteiger partial charge in [-0.05, 0) is 42.9 Å². The van der Waals surface area contributed by atoms with Gasteiger partial charge in [0.1, 0.15) is 5.82 Å². The molecular formula is C15H21ClFNO2S. The van der Waals surface area contributed by atoms with Crippen LogP contribution in [0.1, 0.15) is 31.4 Å². The highest BCUT2D eigenvalue weighted by molar-refractivity contribution is 7.89. The number of alkyl halides is 1.